The molecule has 0 atom stereocenters. The van der Waals surface area contributed by atoms with Gasteiger partial charge in [-0.15, -0.1) is 0 Å². The molecular weight excluding hydrogens is 432 g/mol. The van der Waals surface area contributed by atoms with Crippen LogP contribution in [0.15, 0.2) is 48.5 Å². The number of fused-ring (bicyclic) bond motifs is 3. The summed E-state index contributed by atoms with van der Waals surface area (Å²) in [6.07, 6.45) is 3.70. The average Bonchev–Trinajstić information content (AvgIpc) is 3.42. The number of aliphatic carboxylic acids is 1. The van der Waals surface area contributed by atoms with E-state index in [4.69, 9.17) is 9.84 Å². The molecule has 178 valence electrons. The summed E-state index contributed by atoms with van der Waals surface area (Å²) in [6, 6.07) is 16.3. The van der Waals surface area contributed by atoms with Crippen LogP contribution in [0.25, 0.3) is 11.1 Å². The molecule has 0 aromatic heterocycles. The summed E-state index contributed by atoms with van der Waals surface area (Å²) in [5.41, 5.74) is 4.01. The smallest absolute Gasteiger partial charge is 0.407 e. The number of alkyl carbamates (subject to hydrolysis) is 1. The first-order chi connectivity index (χ1) is 16.5. The van der Waals surface area contributed by atoms with E-state index in [-0.39, 0.29) is 36.9 Å². The van der Waals surface area contributed by atoms with Gasteiger partial charge >= 0.3 is 12.1 Å². The minimum absolute atomic E-state index is 0.0114. The minimum Gasteiger partial charge on any atom is -0.481 e. The normalized spacial score (nSPS) is 22.2. The molecule has 2 amide bonds. The van der Waals surface area contributed by atoms with Crippen molar-refractivity contribution in [2.24, 2.45) is 11.3 Å². The molecule has 0 bridgehead atoms. The van der Waals surface area contributed by atoms with E-state index in [9.17, 15) is 14.4 Å². The number of carbonyl (C=O) groups is 3. The fraction of sp³-hybridized carbons (Fsp3) is 0.444. The molecular formula is C27H30N2O5. The Labute approximate surface area is 198 Å². The van der Waals surface area contributed by atoms with Crippen LogP contribution < -0.4 is 10.6 Å². The number of amides is 2. The highest BCUT2D eigenvalue weighted by molar-refractivity contribution is 5.85. The second-order valence-corrected chi connectivity index (χ2v) is 9.84. The maximum atomic E-state index is 13.1. The van der Waals surface area contributed by atoms with Crippen molar-refractivity contribution in [1.29, 1.82) is 0 Å². The predicted octanol–water partition coefficient (Wildman–Crippen LogP) is 4.06. The lowest BCUT2D eigenvalue weighted by Crippen LogP contribution is -2.53. The van der Waals surface area contributed by atoms with Crippen LogP contribution in [0.4, 0.5) is 4.79 Å². The first-order valence-electron chi connectivity index (χ1n) is 12.1. The Bertz CT molecular complexity index is 1060. The second kappa shape index (κ2) is 9.12. The minimum atomic E-state index is -0.807. The van der Waals surface area contributed by atoms with E-state index in [0.717, 1.165) is 24.0 Å². The number of hydrogen-bond acceptors (Lipinski definition) is 4. The largest absolute Gasteiger partial charge is 0.481 e. The van der Waals surface area contributed by atoms with Crippen molar-refractivity contribution in [3.8, 4) is 11.1 Å². The zero-order chi connectivity index (χ0) is 23.7. The number of carboxylic acid groups (broad SMARTS) is 1. The molecule has 3 N–H and O–H groups in total. The summed E-state index contributed by atoms with van der Waals surface area (Å²) in [7, 11) is 0. The van der Waals surface area contributed by atoms with Gasteiger partial charge in [-0.1, -0.05) is 61.4 Å². The molecule has 0 unspecified atom stereocenters. The standard InChI is InChI=1S/C27H30N2O5/c30-24(31)17-13-18(14-17)29-25(32)27(11-5-6-12-27)16-28-26(33)34-15-23-21-9-3-1-7-19(21)20-8-2-4-10-22(20)23/h1-4,7-10,17-18,23H,5-6,11-16H2,(H,28,33)(H,29,32)(H,30,31). The number of ether oxygens (including phenoxy) is 1. The summed E-state index contributed by atoms with van der Waals surface area (Å²) in [6.45, 7) is 0.461. The van der Waals surface area contributed by atoms with Crippen LogP contribution in [-0.4, -0.2) is 42.3 Å². The lowest BCUT2D eigenvalue weighted by atomic mass is 9.78. The van der Waals surface area contributed by atoms with Crippen molar-refractivity contribution in [3.05, 3.63) is 59.7 Å². The highest BCUT2D eigenvalue weighted by Gasteiger charge is 2.44. The van der Waals surface area contributed by atoms with Crippen LogP contribution in [0, 0.1) is 11.3 Å². The third kappa shape index (κ3) is 4.15. The van der Waals surface area contributed by atoms with Crippen molar-refractivity contribution in [3.63, 3.8) is 0 Å². The maximum absolute atomic E-state index is 13.1. The summed E-state index contributed by atoms with van der Waals surface area (Å²) < 4.78 is 5.63. The van der Waals surface area contributed by atoms with E-state index < -0.39 is 17.5 Å². The molecule has 0 saturated heterocycles. The van der Waals surface area contributed by atoms with Gasteiger partial charge in [-0.3, -0.25) is 9.59 Å². The van der Waals surface area contributed by atoms with Gasteiger partial charge in [-0.25, -0.2) is 4.79 Å². The average molecular weight is 463 g/mol. The number of carbonyl (C=O) groups excluding carboxylic acids is 2. The van der Waals surface area contributed by atoms with E-state index in [1.54, 1.807) is 0 Å². The summed E-state index contributed by atoms with van der Waals surface area (Å²) >= 11 is 0. The SMILES string of the molecule is O=C(NCC1(C(=O)NC2CC(C(=O)O)C2)CCCC1)OCC1c2ccccc2-c2ccccc21. The molecule has 0 heterocycles. The number of hydrogen-bond donors (Lipinski definition) is 3. The first kappa shape index (κ1) is 22.4. The van der Waals surface area contributed by atoms with Gasteiger partial charge in [0, 0.05) is 18.5 Å². The van der Waals surface area contributed by atoms with Crippen LogP contribution in [0.2, 0.25) is 0 Å². The lowest BCUT2D eigenvalue weighted by molar-refractivity contribution is -0.147. The van der Waals surface area contributed by atoms with E-state index in [1.165, 1.54) is 11.1 Å². The highest BCUT2D eigenvalue weighted by Crippen LogP contribution is 2.44. The molecule has 34 heavy (non-hydrogen) atoms. The Morgan fingerprint density at radius 1 is 0.941 bits per heavy atom. The van der Waals surface area contributed by atoms with Crippen LogP contribution in [-0.2, 0) is 14.3 Å². The molecule has 3 aliphatic rings. The molecule has 2 fully saturated rings. The molecule has 7 nitrogen and oxygen atoms in total. The molecule has 2 aromatic rings. The van der Waals surface area contributed by atoms with E-state index >= 15 is 0 Å². The van der Waals surface area contributed by atoms with Gasteiger partial charge in [0.2, 0.25) is 5.91 Å². The van der Waals surface area contributed by atoms with Crippen molar-refractivity contribution >= 4 is 18.0 Å². The zero-order valence-corrected chi connectivity index (χ0v) is 19.1. The summed E-state index contributed by atoms with van der Waals surface area (Å²) in [5, 5.41) is 14.9. The van der Waals surface area contributed by atoms with E-state index in [2.05, 4.69) is 34.9 Å². The summed E-state index contributed by atoms with van der Waals surface area (Å²) in [5.74, 6) is -1.28. The van der Waals surface area contributed by atoms with E-state index in [1.807, 2.05) is 24.3 Å². The van der Waals surface area contributed by atoms with Gasteiger partial charge in [0.05, 0.1) is 11.3 Å². The topological polar surface area (TPSA) is 105 Å². The fourth-order valence-electron chi connectivity index (χ4n) is 5.70. The van der Waals surface area contributed by atoms with Gasteiger partial charge < -0.3 is 20.5 Å². The highest BCUT2D eigenvalue weighted by atomic mass is 16.5. The first-order valence-corrected chi connectivity index (χ1v) is 12.1. The zero-order valence-electron chi connectivity index (χ0n) is 19.1. The molecule has 3 aliphatic carbocycles. The lowest BCUT2D eigenvalue weighted by Gasteiger charge is -2.36. The van der Waals surface area contributed by atoms with Crippen LogP contribution >= 0.6 is 0 Å². The Balaban J connectivity index is 1.17. The Morgan fingerprint density at radius 2 is 1.53 bits per heavy atom. The Kier molecular flexibility index (Phi) is 6.02. The molecule has 5 rings (SSSR count). The third-order valence-electron chi connectivity index (χ3n) is 7.78. The Morgan fingerprint density at radius 3 is 2.12 bits per heavy atom. The van der Waals surface area contributed by atoms with Gasteiger partial charge in [0.15, 0.2) is 0 Å². The quantitative estimate of drug-likeness (QED) is 0.576. The molecule has 0 radical (unpaired) electrons. The summed E-state index contributed by atoms with van der Waals surface area (Å²) in [4.78, 5) is 36.7. The van der Waals surface area contributed by atoms with Gasteiger partial charge in [0.1, 0.15) is 6.61 Å². The molecule has 2 saturated carbocycles. The van der Waals surface area contributed by atoms with Gasteiger partial charge in [-0.2, -0.15) is 0 Å². The molecule has 0 spiro atoms. The third-order valence-corrected chi connectivity index (χ3v) is 7.78. The molecule has 7 heteroatoms. The number of benzene rings is 2. The fourth-order valence-corrected chi connectivity index (χ4v) is 5.70. The molecule has 0 aliphatic heterocycles. The predicted molar refractivity (Wildman–Crippen MR) is 126 cm³/mol. The number of rotatable bonds is 7. The molecule has 2 aromatic carbocycles. The van der Waals surface area contributed by atoms with Crippen molar-refractivity contribution in [2.75, 3.05) is 13.2 Å². The Hall–Kier alpha value is -3.35. The van der Waals surface area contributed by atoms with Gasteiger partial charge in [0.25, 0.3) is 0 Å². The van der Waals surface area contributed by atoms with Crippen molar-refractivity contribution < 1.29 is 24.2 Å². The van der Waals surface area contributed by atoms with Gasteiger partial charge in [-0.05, 0) is 47.9 Å². The number of nitrogens with one attached hydrogen (secondary N) is 2. The second-order valence-electron chi connectivity index (χ2n) is 9.84. The van der Waals surface area contributed by atoms with Crippen LogP contribution in [0.3, 0.4) is 0 Å². The van der Waals surface area contributed by atoms with Crippen LogP contribution in [0.1, 0.15) is 55.6 Å². The monoisotopic (exact) mass is 462 g/mol. The maximum Gasteiger partial charge on any atom is 0.407 e. The van der Waals surface area contributed by atoms with Crippen LogP contribution in [0.5, 0.6) is 0 Å². The number of carboxylic acids is 1. The van der Waals surface area contributed by atoms with E-state index in [0.29, 0.717) is 25.7 Å². The van der Waals surface area contributed by atoms with Crippen molar-refractivity contribution in [1.82, 2.24) is 10.6 Å². The van der Waals surface area contributed by atoms with Crippen molar-refractivity contribution in [2.45, 2.75) is 50.5 Å².